The number of benzene rings is 1. The molecule has 1 fully saturated rings. The Balaban J connectivity index is 2.15. The van der Waals surface area contributed by atoms with E-state index in [1.165, 1.54) is 19.9 Å². The van der Waals surface area contributed by atoms with E-state index in [0.717, 1.165) is 18.4 Å². The third kappa shape index (κ3) is 5.42. The van der Waals surface area contributed by atoms with Crippen molar-refractivity contribution in [2.75, 3.05) is 7.05 Å². The summed E-state index contributed by atoms with van der Waals surface area (Å²) in [6.45, 7) is 0. The lowest BCUT2D eigenvalue weighted by Crippen LogP contribution is -2.40. The Morgan fingerprint density at radius 3 is 2.42 bits per heavy atom. The van der Waals surface area contributed by atoms with E-state index in [0.29, 0.717) is 17.9 Å². The number of amides is 3. The van der Waals surface area contributed by atoms with Crippen LogP contribution in [0.25, 0.3) is 0 Å². The van der Waals surface area contributed by atoms with Crippen LogP contribution in [-0.2, 0) is 21.6 Å². The molecule has 0 radical (unpaired) electrons. The first-order valence-electron chi connectivity index (χ1n) is 8.17. The molecule has 1 unspecified atom stereocenters. The van der Waals surface area contributed by atoms with Gasteiger partial charge >= 0.3 is 6.03 Å². The third-order valence-electron chi connectivity index (χ3n) is 4.49. The number of nitrogens with one attached hydrogen (secondary N) is 2. The van der Waals surface area contributed by atoms with E-state index in [9.17, 15) is 18.4 Å². The summed E-state index contributed by atoms with van der Waals surface area (Å²) < 4.78 is 21.5. The molecule has 0 aliphatic heterocycles. The van der Waals surface area contributed by atoms with E-state index >= 15 is 0 Å². The summed E-state index contributed by atoms with van der Waals surface area (Å²) in [6.07, 6.45) is 5.29. The van der Waals surface area contributed by atoms with Gasteiger partial charge in [0.2, 0.25) is 5.91 Å². The van der Waals surface area contributed by atoms with Crippen LogP contribution < -0.4 is 10.6 Å². The first-order chi connectivity index (χ1) is 11.5. The molecule has 0 spiro atoms. The molecule has 1 aromatic carbocycles. The zero-order valence-electron chi connectivity index (χ0n) is 13.7. The van der Waals surface area contributed by atoms with Crippen molar-refractivity contribution in [2.45, 2.75) is 43.8 Å². The zero-order chi connectivity index (χ0) is 17.5. The first kappa shape index (κ1) is 18.6. The molecule has 24 heavy (non-hydrogen) atoms. The fourth-order valence-electron chi connectivity index (χ4n) is 3.22. The highest BCUT2D eigenvalue weighted by Gasteiger charge is 2.27. The van der Waals surface area contributed by atoms with Gasteiger partial charge in [0.15, 0.2) is 0 Å². The SMILES string of the molecule is CNC(=O)NC(=O)[C@@H](CC1CCCC1)c1ccc(CS(=O)[O-])cc1. The Morgan fingerprint density at radius 1 is 1.25 bits per heavy atom. The standard InChI is InChI=1S/C17H24N2O4S/c1-18-17(21)19-16(20)15(10-12-4-2-3-5-12)14-8-6-13(7-9-14)11-24(22)23/h6-9,12,15H,2-5,10-11H2,1H3,(H,22,23)(H2,18,19,20,21)/p-1/t15-/m0/s1. The van der Waals surface area contributed by atoms with Gasteiger partial charge < -0.3 is 9.87 Å². The number of carbonyl (C=O) groups excluding carboxylic acids is 2. The van der Waals surface area contributed by atoms with Crippen LogP contribution in [0.15, 0.2) is 24.3 Å². The van der Waals surface area contributed by atoms with Crippen LogP contribution in [0.5, 0.6) is 0 Å². The van der Waals surface area contributed by atoms with Crippen molar-refractivity contribution in [1.29, 1.82) is 0 Å². The van der Waals surface area contributed by atoms with Crippen LogP contribution in [0, 0.1) is 5.92 Å². The second kappa shape index (κ2) is 8.94. The summed E-state index contributed by atoms with van der Waals surface area (Å²) in [6, 6.07) is 6.49. The molecule has 132 valence electrons. The Hall–Kier alpha value is -1.73. The summed E-state index contributed by atoms with van der Waals surface area (Å²) in [5, 5.41) is 4.75. The van der Waals surface area contributed by atoms with Crippen LogP contribution >= 0.6 is 0 Å². The predicted molar refractivity (Wildman–Crippen MR) is 91.0 cm³/mol. The summed E-state index contributed by atoms with van der Waals surface area (Å²) in [7, 11) is 1.46. The average Bonchev–Trinajstić information content (AvgIpc) is 3.06. The van der Waals surface area contributed by atoms with Gasteiger partial charge in [-0.1, -0.05) is 61.0 Å². The van der Waals surface area contributed by atoms with Crippen molar-refractivity contribution in [1.82, 2.24) is 10.6 Å². The molecule has 1 aliphatic rings. The molecule has 0 bridgehead atoms. The van der Waals surface area contributed by atoms with Crippen LogP contribution in [0.4, 0.5) is 4.79 Å². The molecule has 0 saturated heterocycles. The van der Waals surface area contributed by atoms with Gasteiger partial charge in [0.05, 0.1) is 5.92 Å². The molecule has 1 aliphatic carbocycles. The highest BCUT2D eigenvalue weighted by atomic mass is 32.2. The van der Waals surface area contributed by atoms with Gasteiger partial charge in [-0.05, 0) is 23.5 Å². The van der Waals surface area contributed by atoms with E-state index < -0.39 is 23.0 Å². The van der Waals surface area contributed by atoms with Crippen LogP contribution in [0.3, 0.4) is 0 Å². The van der Waals surface area contributed by atoms with E-state index in [1.807, 2.05) is 0 Å². The van der Waals surface area contributed by atoms with Crippen molar-refractivity contribution < 1.29 is 18.4 Å². The van der Waals surface area contributed by atoms with Gasteiger partial charge in [-0.15, -0.1) is 0 Å². The maximum absolute atomic E-state index is 12.5. The number of imide groups is 1. The summed E-state index contributed by atoms with van der Waals surface area (Å²) in [4.78, 5) is 24.0. The smallest absolute Gasteiger partial charge is 0.321 e. The largest absolute Gasteiger partial charge is 0.772 e. The van der Waals surface area contributed by atoms with Crippen molar-refractivity contribution >= 4 is 23.0 Å². The fourth-order valence-corrected chi connectivity index (χ4v) is 3.68. The van der Waals surface area contributed by atoms with Gasteiger partial charge in [-0.3, -0.25) is 14.3 Å². The monoisotopic (exact) mass is 351 g/mol. The fraction of sp³-hybridized carbons (Fsp3) is 0.529. The second-order valence-electron chi connectivity index (χ2n) is 6.20. The number of rotatable bonds is 6. The maximum atomic E-state index is 12.5. The van der Waals surface area contributed by atoms with Crippen molar-refractivity contribution in [3.63, 3.8) is 0 Å². The highest BCUT2D eigenvalue weighted by molar-refractivity contribution is 7.78. The molecule has 1 aromatic rings. The molecule has 7 heteroatoms. The van der Waals surface area contributed by atoms with Crippen LogP contribution in [0.1, 0.15) is 49.1 Å². The van der Waals surface area contributed by atoms with Crippen molar-refractivity contribution in [2.24, 2.45) is 5.92 Å². The molecule has 0 heterocycles. The molecular formula is C17H23N2O4S-. The van der Waals surface area contributed by atoms with Gasteiger partial charge in [0.1, 0.15) is 0 Å². The first-order valence-corrected chi connectivity index (χ1v) is 9.41. The van der Waals surface area contributed by atoms with Gasteiger partial charge in [0.25, 0.3) is 0 Å². The topological polar surface area (TPSA) is 98.3 Å². The minimum Gasteiger partial charge on any atom is -0.772 e. The van der Waals surface area contributed by atoms with Gasteiger partial charge in [-0.2, -0.15) is 0 Å². The molecule has 3 amide bonds. The Bertz CT molecular complexity index is 597. The molecule has 2 rings (SSSR count). The summed E-state index contributed by atoms with van der Waals surface area (Å²) in [5.41, 5.74) is 1.49. The van der Waals surface area contributed by atoms with Gasteiger partial charge in [0, 0.05) is 12.8 Å². The minimum absolute atomic E-state index is 0.0436. The minimum atomic E-state index is -2.14. The molecule has 2 atom stereocenters. The molecule has 0 aromatic heterocycles. The molecule has 1 saturated carbocycles. The molecular weight excluding hydrogens is 328 g/mol. The van der Waals surface area contributed by atoms with E-state index in [2.05, 4.69) is 10.6 Å². The van der Waals surface area contributed by atoms with Crippen LogP contribution in [0.2, 0.25) is 0 Å². The lowest BCUT2D eigenvalue weighted by molar-refractivity contribution is -0.121. The quantitative estimate of drug-likeness (QED) is 0.768. The van der Waals surface area contributed by atoms with E-state index in [4.69, 9.17) is 0 Å². The van der Waals surface area contributed by atoms with Crippen molar-refractivity contribution in [3.05, 3.63) is 35.4 Å². The number of carbonyl (C=O) groups is 2. The van der Waals surface area contributed by atoms with Crippen molar-refractivity contribution in [3.8, 4) is 0 Å². The Morgan fingerprint density at radius 2 is 1.88 bits per heavy atom. The highest BCUT2D eigenvalue weighted by Crippen LogP contribution is 2.34. The molecule has 2 N–H and O–H groups in total. The van der Waals surface area contributed by atoms with Gasteiger partial charge in [-0.25, -0.2) is 4.79 Å². The number of hydrogen-bond donors (Lipinski definition) is 2. The Kier molecular flexibility index (Phi) is 6.93. The summed E-state index contributed by atoms with van der Waals surface area (Å²) in [5.74, 6) is -0.282. The summed E-state index contributed by atoms with van der Waals surface area (Å²) >= 11 is -2.14. The van der Waals surface area contributed by atoms with Crippen LogP contribution in [-0.4, -0.2) is 27.7 Å². The van der Waals surface area contributed by atoms with E-state index in [-0.39, 0.29) is 11.7 Å². The third-order valence-corrected chi connectivity index (χ3v) is 5.06. The zero-order valence-corrected chi connectivity index (χ0v) is 14.6. The normalized spacial score (nSPS) is 17.2. The lowest BCUT2D eigenvalue weighted by Gasteiger charge is -2.20. The Labute approximate surface area is 144 Å². The number of hydrogen-bond acceptors (Lipinski definition) is 4. The average molecular weight is 351 g/mol. The maximum Gasteiger partial charge on any atom is 0.321 e. The van der Waals surface area contributed by atoms with E-state index in [1.54, 1.807) is 24.3 Å². The number of urea groups is 1. The predicted octanol–water partition coefficient (Wildman–Crippen LogP) is 2.19. The second-order valence-corrected chi connectivity index (χ2v) is 7.09. The molecule has 6 nitrogen and oxygen atoms in total. The lowest BCUT2D eigenvalue weighted by atomic mass is 9.87.